The fraction of sp³-hybridized carbons (Fsp3) is 0.0588. The molecule has 1 aliphatic carbocycles. The molecule has 0 aliphatic heterocycles. The van der Waals surface area contributed by atoms with Crippen molar-refractivity contribution < 1.29 is 0 Å². The quantitative estimate of drug-likeness (QED) is 0.665. The van der Waals surface area contributed by atoms with Crippen molar-refractivity contribution in [1.29, 1.82) is 0 Å². The molecule has 0 heteroatoms. The highest BCUT2D eigenvalue weighted by molar-refractivity contribution is 5.87. The van der Waals surface area contributed by atoms with Gasteiger partial charge >= 0.3 is 0 Å². The van der Waals surface area contributed by atoms with Gasteiger partial charge in [-0.3, -0.25) is 0 Å². The zero-order valence-corrected chi connectivity index (χ0v) is 9.69. The molecule has 0 N–H and O–H groups in total. The van der Waals surface area contributed by atoms with E-state index in [-0.39, 0.29) is 5.92 Å². The second-order valence-electron chi connectivity index (χ2n) is 4.43. The first-order chi connectivity index (χ1) is 8.29. The van der Waals surface area contributed by atoms with E-state index < -0.39 is 0 Å². The smallest absolute Gasteiger partial charge is 0.0346 e. The molecule has 0 nitrogen and oxygen atoms in total. The van der Waals surface area contributed by atoms with E-state index in [1.807, 2.05) is 6.07 Å². The van der Waals surface area contributed by atoms with Crippen molar-refractivity contribution in [2.24, 2.45) is 0 Å². The van der Waals surface area contributed by atoms with Crippen LogP contribution in [-0.4, -0.2) is 0 Å². The van der Waals surface area contributed by atoms with Crippen LogP contribution in [0.1, 0.15) is 22.6 Å². The molecule has 0 saturated heterocycles. The van der Waals surface area contributed by atoms with Crippen molar-refractivity contribution in [3.05, 3.63) is 90.0 Å². The van der Waals surface area contributed by atoms with Gasteiger partial charge in [-0.15, -0.1) is 0 Å². The number of hydrogen-bond donors (Lipinski definition) is 0. The lowest BCUT2D eigenvalue weighted by Gasteiger charge is -2.13. The van der Waals surface area contributed by atoms with Crippen molar-refractivity contribution in [3.8, 4) is 0 Å². The van der Waals surface area contributed by atoms with Crippen LogP contribution in [0, 0.1) is 0 Å². The molecule has 3 rings (SSSR count). The first-order valence-corrected chi connectivity index (χ1v) is 5.81. The summed E-state index contributed by atoms with van der Waals surface area (Å²) in [7, 11) is 0. The molecule has 82 valence electrons. The van der Waals surface area contributed by atoms with E-state index in [1.165, 1.54) is 16.7 Å². The molecule has 2 aromatic rings. The molecular formula is C17H14. The summed E-state index contributed by atoms with van der Waals surface area (Å²) >= 11 is 0. The average Bonchev–Trinajstić information content (AvgIpc) is 2.64. The Morgan fingerprint density at radius 2 is 1.41 bits per heavy atom. The molecule has 0 radical (unpaired) electrons. The SMILES string of the molecule is C=C1C(=C)C(c2ccccc2)c2ccccc21. The first-order valence-electron chi connectivity index (χ1n) is 5.81. The molecule has 0 spiro atoms. The normalized spacial score (nSPS) is 18.2. The summed E-state index contributed by atoms with van der Waals surface area (Å²) in [5, 5.41) is 0. The van der Waals surface area contributed by atoms with Crippen LogP contribution in [0.25, 0.3) is 5.57 Å². The number of benzene rings is 2. The van der Waals surface area contributed by atoms with Crippen LogP contribution in [0.15, 0.2) is 73.3 Å². The Morgan fingerprint density at radius 1 is 0.765 bits per heavy atom. The lowest BCUT2D eigenvalue weighted by atomic mass is 9.90. The maximum absolute atomic E-state index is 4.21. The second-order valence-corrected chi connectivity index (χ2v) is 4.43. The summed E-state index contributed by atoms with van der Waals surface area (Å²) < 4.78 is 0. The standard InChI is InChI=1S/C17H14/c1-12-13(2)17(14-8-4-3-5-9-14)16-11-7-6-10-15(12)16/h3-11,17H,1-2H2. The largest absolute Gasteiger partial charge is 0.0943 e. The van der Waals surface area contributed by atoms with Crippen LogP contribution in [0.4, 0.5) is 0 Å². The highest BCUT2D eigenvalue weighted by atomic mass is 14.3. The van der Waals surface area contributed by atoms with E-state index in [0.717, 1.165) is 11.1 Å². The first kappa shape index (κ1) is 10.1. The van der Waals surface area contributed by atoms with E-state index in [2.05, 4.69) is 61.7 Å². The van der Waals surface area contributed by atoms with Crippen LogP contribution >= 0.6 is 0 Å². The van der Waals surface area contributed by atoms with Crippen LogP contribution in [0.2, 0.25) is 0 Å². The third-order valence-corrected chi connectivity index (χ3v) is 3.47. The molecule has 0 saturated carbocycles. The molecule has 1 unspecified atom stereocenters. The zero-order chi connectivity index (χ0) is 11.8. The van der Waals surface area contributed by atoms with Gasteiger partial charge in [0.2, 0.25) is 0 Å². The molecular weight excluding hydrogens is 204 g/mol. The van der Waals surface area contributed by atoms with Crippen LogP contribution in [-0.2, 0) is 0 Å². The van der Waals surface area contributed by atoms with Crippen LogP contribution in [0.5, 0.6) is 0 Å². The fourth-order valence-electron chi connectivity index (χ4n) is 2.58. The van der Waals surface area contributed by atoms with E-state index >= 15 is 0 Å². The van der Waals surface area contributed by atoms with Gasteiger partial charge in [0, 0.05) is 5.92 Å². The van der Waals surface area contributed by atoms with Gasteiger partial charge in [0.1, 0.15) is 0 Å². The third-order valence-electron chi connectivity index (χ3n) is 3.47. The Labute approximate surface area is 102 Å². The molecule has 0 fully saturated rings. The minimum Gasteiger partial charge on any atom is -0.0943 e. The lowest BCUT2D eigenvalue weighted by molar-refractivity contribution is 1.02. The predicted octanol–water partition coefficient (Wildman–Crippen LogP) is 4.40. The van der Waals surface area contributed by atoms with Gasteiger partial charge < -0.3 is 0 Å². The number of allylic oxidation sites excluding steroid dienone is 2. The van der Waals surface area contributed by atoms with E-state index in [9.17, 15) is 0 Å². The minimum atomic E-state index is 0.278. The molecule has 1 atom stereocenters. The van der Waals surface area contributed by atoms with E-state index in [4.69, 9.17) is 0 Å². The predicted molar refractivity (Wildman–Crippen MR) is 72.9 cm³/mol. The number of hydrogen-bond acceptors (Lipinski definition) is 0. The summed E-state index contributed by atoms with van der Waals surface area (Å²) in [5.41, 5.74) is 6.07. The summed E-state index contributed by atoms with van der Waals surface area (Å²) in [6.45, 7) is 8.36. The van der Waals surface area contributed by atoms with E-state index in [1.54, 1.807) is 0 Å². The van der Waals surface area contributed by atoms with Crippen molar-refractivity contribution in [2.75, 3.05) is 0 Å². The number of fused-ring (bicyclic) bond motifs is 1. The average molecular weight is 218 g/mol. The molecule has 17 heavy (non-hydrogen) atoms. The maximum Gasteiger partial charge on any atom is 0.0346 e. The Morgan fingerprint density at radius 3 is 2.18 bits per heavy atom. The van der Waals surface area contributed by atoms with Crippen LogP contribution < -0.4 is 0 Å². The lowest BCUT2D eigenvalue weighted by Crippen LogP contribution is -1.97. The van der Waals surface area contributed by atoms with Gasteiger partial charge in [-0.05, 0) is 27.8 Å². The molecule has 0 amide bonds. The number of rotatable bonds is 1. The molecule has 0 heterocycles. The Bertz CT molecular complexity index is 590. The van der Waals surface area contributed by atoms with Gasteiger partial charge in [-0.2, -0.15) is 0 Å². The van der Waals surface area contributed by atoms with Crippen molar-refractivity contribution in [1.82, 2.24) is 0 Å². The van der Waals surface area contributed by atoms with Crippen LogP contribution in [0.3, 0.4) is 0 Å². The Balaban J connectivity index is 2.20. The summed E-state index contributed by atoms with van der Waals surface area (Å²) in [5.74, 6) is 0.278. The minimum absolute atomic E-state index is 0.278. The Hall–Kier alpha value is -2.08. The summed E-state index contributed by atoms with van der Waals surface area (Å²) in [6.07, 6.45) is 0. The Kier molecular flexibility index (Phi) is 2.22. The van der Waals surface area contributed by atoms with Crippen molar-refractivity contribution in [3.63, 3.8) is 0 Å². The van der Waals surface area contributed by atoms with E-state index in [0.29, 0.717) is 0 Å². The summed E-state index contributed by atoms with van der Waals surface area (Å²) in [6, 6.07) is 19.0. The van der Waals surface area contributed by atoms with Gasteiger partial charge in [-0.1, -0.05) is 67.8 Å². The van der Waals surface area contributed by atoms with Crippen molar-refractivity contribution >= 4 is 5.57 Å². The van der Waals surface area contributed by atoms with Gasteiger partial charge in [-0.25, -0.2) is 0 Å². The van der Waals surface area contributed by atoms with Crippen molar-refractivity contribution in [2.45, 2.75) is 5.92 Å². The zero-order valence-electron chi connectivity index (χ0n) is 9.69. The summed E-state index contributed by atoms with van der Waals surface area (Å²) in [4.78, 5) is 0. The van der Waals surface area contributed by atoms with Gasteiger partial charge in [0.15, 0.2) is 0 Å². The third kappa shape index (κ3) is 1.45. The molecule has 2 aromatic carbocycles. The second kappa shape index (κ2) is 3.74. The van der Waals surface area contributed by atoms with Gasteiger partial charge in [0.25, 0.3) is 0 Å². The molecule has 0 aromatic heterocycles. The highest BCUT2D eigenvalue weighted by Gasteiger charge is 2.29. The van der Waals surface area contributed by atoms with Gasteiger partial charge in [0.05, 0.1) is 0 Å². The fourth-order valence-corrected chi connectivity index (χ4v) is 2.58. The monoisotopic (exact) mass is 218 g/mol. The highest BCUT2D eigenvalue weighted by Crippen LogP contribution is 2.46. The maximum atomic E-state index is 4.21. The topological polar surface area (TPSA) is 0 Å². The molecule has 0 bridgehead atoms. The molecule has 1 aliphatic rings.